The molecule has 0 aliphatic heterocycles. The SMILES string of the molecule is O=C(NCc1cccc(F)c1)N[C@@H](c1ccc(CF)cc1)c1ncccc1C(F)(F)F. The van der Waals surface area contributed by atoms with Gasteiger partial charge in [-0.05, 0) is 41.0 Å². The Bertz CT molecular complexity index is 1040. The number of carbonyl (C=O) groups is 1. The average Bonchev–Trinajstić information content (AvgIpc) is 2.76. The number of nitrogens with one attached hydrogen (secondary N) is 2. The lowest BCUT2D eigenvalue weighted by Gasteiger charge is -2.22. The van der Waals surface area contributed by atoms with Gasteiger partial charge < -0.3 is 10.6 Å². The number of rotatable bonds is 6. The standard InChI is InChI=1S/C22H18F5N3O/c23-12-14-6-8-16(9-7-14)19(20-18(22(25,26)27)5-2-10-28-20)30-21(31)29-13-15-3-1-4-17(24)11-15/h1-11,19H,12-13H2,(H2,29,30,31)/t19-/m0/s1. The van der Waals surface area contributed by atoms with Gasteiger partial charge >= 0.3 is 12.2 Å². The van der Waals surface area contributed by atoms with Crippen LogP contribution in [0.4, 0.5) is 26.7 Å². The first-order valence-electron chi connectivity index (χ1n) is 9.23. The van der Waals surface area contributed by atoms with E-state index >= 15 is 0 Å². The lowest BCUT2D eigenvalue weighted by atomic mass is 9.98. The first kappa shape index (κ1) is 22.2. The lowest BCUT2D eigenvalue weighted by molar-refractivity contribution is -0.138. The molecule has 0 saturated carbocycles. The maximum absolute atomic E-state index is 13.5. The van der Waals surface area contributed by atoms with Crippen molar-refractivity contribution in [1.82, 2.24) is 15.6 Å². The first-order chi connectivity index (χ1) is 14.8. The highest BCUT2D eigenvalue weighted by Gasteiger charge is 2.36. The number of carbonyl (C=O) groups excluding carboxylic acids is 1. The van der Waals surface area contributed by atoms with Crippen molar-refractivity contribution in [1.29, 1.82) is 0 Å². The largest absolute Gasteiger partial charge is 0.418 e. The van der Waals surface area contributed by atoms with Crippen LogP contribution in [0.1, 0.15) is 34.0 Å². The number of nitrogens with zero attached hydrogens (tertiary/aromatic N) is 1. The molecule has 0 spiro atoms. The molecule has 2 amide bonds. The quantitative estimate of drug-likeness (QED) is 0.517. The van der Waals surface area contributed by atoms with Gasteiger partial charge in [0.05, 0.1) is 17.3 Å². The van der Waals surface area contributed by atoms with Crippen LogP contribution in [0.5, 0.6) is 0 Å². The Kier molecular flexibility index (Phi) is 6.84. The molecule has 9 heteroatoms. The number of alkyl halides is 4. The molecule has 31 heavy (non-hydrogen) atoms. The van der Waals surface area contributed by atoms with Gasteiger partial charge in [0.15, 0.2) is 0 Å². The van der Waals surface area contributed by atoms with E-state index < -0.39 is 42.0 Å². The van der Waals surface area contributed by atoms with E-state index in [4.69, 9.17) is 0 Å². The minimum Gasteiger partial charge on any atom is -0.334 e. The third-order valence-corrected chi connectivity index (χ3v) is 4.50. The summed E-state index contributed by atoms with van der Waals surface area (Å²) < 4.78 is 66.7. The van der Waals surface area contributed by atoms with Gasteiger partial charge in [0.2, 0.25) is 0 Å². The van der Waals surface area contributed by atoms with Crippen LogP contribution >= 0.6 is 0 Å². The summed E-state index contributed by atoms with van der Waals surface area (Å²) in [6, 6.07) is 11.3. The molecule has 0 radical (unpaired) electrons. The van der Waals surface area contributed by atoms with Crippen LogP contribution in [0, 0.1) is 5.82 Å². The highest BCUT2D eigenvalue weighted by atomic mass is 19.4. The fourth-order valence-corrected chi connectivity index (χ4v) is 3.01. The minimum absolute atomic E-state index is 0.0363. The normalized spacial score (nSPS) is 12.3. The van der Waals surface area contributed by atoms with Gasteiger partial charge in [-0.1, -0.05) is 36.4 Å². The monoisotopic (exact) mass is 435 g/mol. The summed E-state index contributed by atoms with van der Waals surface area (Å²) in [5.41, 5.74) is -0.283. The second-order valence-corrected chi connectivity index (χ2v) is 6.70. The van der Waals surface area contributed by atoms with E-state index in [1.54, 1.807) is 6.07 Å². The van der Waals surface area contributed by atoms with E-state index in [-0.39, 0.29) is 6.54 Å². The predicted molar refractivity (Wildman–Crippen MR) is 104 cm³/mol. The zero-order chi connectivity index (χ0) is 22.4. The van der Waals surface area contributed by atoms with Crippen molar-refractivity contribution in [3.8, 4) is 0 Å². The highest BCUT2D eigenvalue weighted by Crippen LogP contribution is 2.35. The average molecular weight is 435 g/mol. The molecular weight excluding hydrogens is 417 g/mol. The van der Waals surface area contributed by atoms with Crippen LogP contribution in [0.15, 0.2) is 66.9 Å². The van der Waals surface area contributed by atoms with Gasteiger partial charge in [-0.15, -0.1) is 0 Å². The Morgan fingerprint density at radius 1 is 1.00 bits per heavy atom. The lowest BCUT2D eigenvalue weighted by Crippen LogP contribution is -2.39. The molecule has 1 heterocycles. The molecule has 2 aromatic carbocycles. The van der Waals surface area contributed by atoms with E-state index in [1.807, 2.05) is 0 Å². The molecule has 1 aromatic heterocycles. The van der Waals surface area contributed by atoms with Gasteiger partial charge in [0.25, 0.3) is 0 Å². The van der Waals surface area contributed by atoms with Crippen molar-refractivity contribution in [2.45, 2.75) is 25.4 Å². The molecule has 1 atom stereocenters. The van der Waals surface area contributed by atoms with E-state index in [2.05, 4.69) is 15.6 Å². The first-order valence-corrected chi connectivity index (χ1v) is 9.23. The third kappa shape index (κ3) is 5.78. The second-order valence-electron chi connectivity index (χ2n) is 6.70. The van der Waals surface area contributed by atoms with Crippen molar-refractivity contribution in [2.75, 3.05) is 0 Å². The van der Waals surface area contributed by atoms with E-state index in [1.165, 1.54) is 48.7 Å². The maximum atomic E-state index is 13.5. The molecule has 0 fully saturated rings. The predicted octanol–water partition coefficient (Wildman–Crippen LogP) is 5.30. The Labute approximate surface area is 175 Å². The van der Waals surface area contributed by atoms with Gasteiger partial charge in [-0.25, -0.2) is 13.6 Å². The topological polar surface area (TPSA) is 54.0 Å². The summed E-state index contributed by atoms with van der Waals surface area (Å²) in [7, 11) is 0. The molecular formula is C22H18F5N3O. The molecule has 2 N–H and O–H groups in total. The Morgan fingerprint density at radius 2 is 1.74 bits per heavy atom. The molecule has 4 nitrogen and oxygen atoms in total. The summed E-state index contributed by atoms with van der Waals surface area (Å²) in [6.07, 6.45) is -3.50. The minimum atomic E-state index is -4.69. The summed E-state index contributed by atoms with van der Waals surface area (Å²) in [4.78, 5) is 16.3. The smallest absolute Gasteiger partial charge is 0.334 e. The van der Waals surface area contributed by atoms with Crippen LogP contribution in [-0.2, 0) is 19.4 Å². The number of benzene rings is 2. The van der Waals surface area contributed by atoms with Crippen molar-refractivity contribution < 1.29 is 26.7 Å². The number of aromatic nitrogens is 1. The summed E-state index contributed by atoms with van der Waals surface area (Å²) in [5, 5.41) is 4.98. The maximum Gasteiger partial charge on any atom is 0.418 e. The number of hydrogen-bond donors (Lipinski definition) is 2. The molecule has 3 rings (SSSR count). The molecule has 0 aliphatic carbocycles. The van der Waals surface area contributed by atoms with Gasteiger partial charge in [-0.2, -0.15) is 13.2 Å². The number of urea groups is 1. The van der Waals surface area contributed by atoms with Crippen molar-refractivity contribution >= 4 is 6.03 Å². The van der Waals surface area contributed by atoms with Crippen LogP contribution in [0.2, 0.25) is 0 Å². The summed E-state index contributed by atoms with van der Waals surface area (Å²) in [6.45, 7) is -0.769. The van der Waals surface area contributed by atoms with E-state index in [9.17, 15) is 26.7 Å². The van der Waals surface area contributed by atoms with E-state index in [0.29, 0.717) is 16.7 Å². The summed E-state index contributed by atoms with van der Waals surface area (Å²) >= 11 is 0. The fraction of sp³-hybridized carbons (Fsp3) is 0.182. The Morgan fingerprint density at radius 3 is 2.39 bits per heavy atom. The van der Waals surface area contributed by atoms with Crippen molar-refractivity contribution in [3.63, 3.8) is 0 Å². The molecule has 0 bridgehead atoms. The molecule has 0 saturated heterocycles. The van der Waals surface area contributed by atoms with Crippen LogP contribution in [0.3, 0.4) is 0 Å². The van der Waals surface area contributed by atoms with Gasteiger partial charge in [0.1, 0.15) is 12.5 Å². The molecule has 0 unspecified atom stereocenters. The zero-order valence-electron chi connectivity index (χ0n) is 16.1. The van der Waals surface area contributed by atoms with Gasteiger partial charge in [0, 0.05) is 12.7 Å². The number of hydrogen-bond acceptors (Lipinski definition) is 2. The molecule has 162 valence electrons. The van der Waals surface area contributed by atoms with Crippen molar-refractivity contribution in [3.05, 3.63) is 101 Å². The number of halogens is 5. The zero-order valence-corrected chi connectivity index (χ0v) is 16.1. The van der Waals surface area contributed by atoms with Gasteiger partial charge in [-0.3, -0.25) is 4.98 Å². The highest BCUT2D eigenvalue weighted by molar-refractivity contribution is 5.75. The van der Waals surface area contributed by atoms with Crippen LogP contribution in [0.25, 0.3) is 0 Å². The summed E-state index contributed by atoms with van der Waals surface area (Å²) in [5.74, 6) is -0.478. The molecule has 0 aliphatic rings. The third-order valence-electron chi connectivity index (χ3n) is 4.50. The second kappa shape index (κ2) is 9.55. The fourth-order valence-electron chi connectivity index (χ4n) is 3.01. The van der Waals surface area contributed by atoms with E-state index in [0.717, 1.165) is 12.1 Å². The molecule has 3 aromatic rings. The van der Waals surface area contributed by atoms with Crippen LogP contribution < -0.4 is 10.6 Å². The van der Waals surface area contributed by atoms with Crippen molar-refractivity contribution in [2.24, 2.45) is 0 Å². The Balaban J connectivity index is 1.88. The number of pyridine rings is 1. The Hall–Kier alpha value is -3.49. The number of amides is 2. The van der Waals surface area contributed by atoms with Crippen LogP contribution in [-0.4, -0.2) is 11.0 Å².